The Morgan fingerprint density at radius 3 is 2.13 bits per heavy atom. The third kappa shape index (κ3) is 6.93. The first kappa shape index (κ1) is 23.0. The predicted octanol–water partition coefficient (Wildman–Crippen LogP) is 8.55. The van der Waals surface area contributed by atoms with E-state index in [9.17, 15) is 4.39 Å². The Morgan fingerprint density at radius 1 is 0.800 bits per heavy atom. The van der Waals surface area contributed by atoms with Crippen LogP contribution >= 0.6 is 0 Å². The Bertz CT molecular complexity index is 744. The van der Waals surface area contributed by atoms with Gasteiger partial charge < -0.3 is 0 Å². The van der Waals surface area contributed by atoms with Gasteiger partial charge in [0.25, 0.3) is 0 Å². The van der Waals surface area contributed by atoms with E-state index >= 15 is 0 Å². The monoisotopic (exact) mass is 409 g/mol. The van der Waals surface area contributed by atoms with Gasteiger partial charge in [0.1, 0.15) is 5.82 Å². The van der Waals surface area contributed by atoms with Crippen molar-refractivity contribution in [2.75, 3.05) is 0 Å². The highest BCUT2D eigenvalue weighted by Gasteiger charge is 2.20. The highest BCUT2D eigenvalue weighted by Crippen LogP contribution is 2.34. The van der Waals surface area contributed by atoms with Gasteiger partial charge >= 0.3 is 0 Å². The van der Waals surface area contributed by atoms with Gasteiger partial charge in [0, 0.05) is 11.8 Å². The molecule has 2 aromatic rings. The lowest BCUT2D eigenvalue weighted by atomic mass is 9.78. The Kier molecular flexibility index (Phi) is 9.36. The third-order valence-electron chi connectivity index (χ3n) is 6.98. The van der Waals surface area contributed by atoms with Crippen LogP contribution in [0.25, 0.3) is 11.3 Å². The van der Waals surface area contributed by atoms with Crippen molar-refractivity contribution in [3.63, 3.8) is 0 Å². The van der Waals surface area contributed by atoms with Crippen LogP contribution in [-0.4, -0.2) is 4.98 Å². The maximum absolute atomic E-state index is 14.8. The van der Waals surface area contributed by atoms with Crippen LogP contribution in [0.5, 0.6) is 0 Å². The Balaban J connectivity index is 1.49. The summed E-state index contributed by atoms with van der Waals surface area (Å²) < 4.78 is 14.8. The lowest BCUT2D eigenvalue weighted by Gasteiger charge is -2.28. The van der Waals surface area contributed by atoms with E-state index in [0.717, 1.165) is 35.9 Å². The van der Waals surface area contributed by atoms with Crippen molar-refractivity contribution < 1.29 is 4.39 Å². The van der Waals surface area contributed by atoms with Gasteiger partial charge in [-0.05, 0) is 66.8 Å². The van der Waals surface area contributed by atoms with Crippen LogP contribution in [0.15, 0.2) is 36.5 Å². The average molecular weight is 410 g/mol. The normalized spacial score (nSPS) is 19.2. The number of aromatic nitrogens is 1. The Hall–Kier alpha value is -1.70. The second kappa shape index (κ2) is 12.2. The van der Waals surface area contributed by atoms with Crippen LogP contribution in [0.2, 0.25) is 0 Å². The van der Waals surface area contributed by atoms with Crippen LogP contribution in [0.3, 0.4) is 0 Å². The molecule has 1 nitrogen and oxygen atoms in total. The van der Waals surface area contributed by atoms with E-state index in [-0.39, 0.29) is 5.82 Å². The van der Waals surface area contributed by atoms with E-state index < -0.39 is 0 Å². The fourth-order valence-electron chi connectivity index (χ4n) is 4.91. The summed E-state index contributed by atoms with van der Waals surface area (Å²) in [6.45, 7) is 4.50. The summed E-state index contributed by atoms with van der Waals surface area (Å²) in [4.78, 5) is 4.53. The number of unbranched alkanes of at least 4 members (excludes halogenated alkanes) is 3. The minimum Gasteiger partial charge on any atom is -0.256 e. The molecule has 0 saturated heterocycles. The summed E-state index contributed by atoms with van der Waals surface area (Å²) in [5, 5.41) is 0. The lowest BCUT2D eigenvalue weighted by molar-refractivity contribution is 0.250. The molecule has 0 unspecified atom stereocenters. The molecule has 1 aromatic carbocycles. The van der Waals surface area contributed by atoms with E-state index in [4.69, 9.17) is 0 Å². The molecule has 0 bridgehead atoms. The Morgan fingerprint density at radius 2 is 1.50 bits per heavy atom. The number of rotatable bonds is 11. The topological polar surface area (TPSA) is 12.9 Å². The molecule has 0 atom stereocenters. The maximum atomic E-state index is 14.8. The molecule has 1 aromatic heterocycles. The minimum absolute atomic E-state index is 0.137. The van der Waals surface area contributed by atoms with E-state index in [1.807, 2.05) is 18.3 Å². The molecule has 0 aliphatic heterocycles. The molecule has 2 heteroatoms. The molecule has 1 aliphatic rings. The first-order valence-electron chi connectivity index (χ1n) is 12.4. The van der Waals surface area contributed by atoms with Crippen molar-refractivity contribution in [2.24, 2.45) is 11.8 Å². The lowest BCUT2D eigenvalue weighted by Crippen LogP contribution is -2.15. The molecule has 1 aliphatic carbocycles. The number of benzene rings is 1. The summed E-state index contributed by atoms with van der Waals surface area (Å²) in [5.41, 5.74) is 3.73. The zero-order valence-corrected chi connectivity index (χ0v) is 19.1. The van der Waals surface area contributed by atoms with Crippen LogP contribution < -0.4 is 0 Å². The van der Waals surface area contributed by atoms with Gasteiger partial charge in [0.05, 0.1) is 5.69 Å². The first-order chi connectivity index (χ1) is 14.7. The van der Waals surface area contributed by atoms with Gasteiger partial charge in [0.2, 0.25) is 0 Å². The highest BCUT2D eigenvalue weighted by molar-refractivity contribution is 5.60. The highest BCUT2D eigenvalue weighted by atomic mass is 19.1. The van der Waals surface area contributed by atoms with E-state index in [0.29, 0.717) is 5.56 Å². The van der Waals surface area contributed by atoms with Gasteiger partial charge in [-0.1, -0.05) is 83.8 Å². The summed E-state index contributed by atoms with van der Waals surface area (Å²) in [6, 6.07) is 9.82. The third-order valence-corrected chi connectivity index (χ3v) is 6.98. The standard InChI is InChI=1S/C28H40FN/c1-3-5-7-9-25-17-19-28(30-21-25)26-18-16-24(20-27(26)29)15-14-23-12-10-22(11-13-23)8-6-4-2/h16-23H,3-15H2,1-2H3/t22-,23-. The molecule has 30 heavy (non-hydrogen) atoms. The molecule has 1 saturated carbocycles. The summed E-state index contributed by atoms with van der Waals surface area (Å²) >= 11 is 0. The minimum atomic E-state index is -0.137. The molecular weight excluding hydrogens is 369 g/mol. The second-order valence-corrected chi connectivity index (χ2v) is 9.39. The first-order valence-corrected chi connectivity index (χ1v) is 12.4. The number of aryl methyl sites for hydroxylation is 2. The quantitative estimate of drug-likeness (QED) is 0.339. The molecule has 0 amide bonds. The van der Waals surface area contributed by atoms with Gasteiger partial charge in [-0.25, -0.2) is 4.39 Å². The zero-order valence-electron chi connectivity index (χ0n) is 19.1. The maximum Gasteiger partial charge on any atom is 0.132 e. The van der Waals surface area contributed by atoms with Crippen molar-refractivity contribution in [2.45, 2.75) is 97.3 Å². The number of hydrogen-bond acceptors (Lipinski definition) is 1. The van der Waals surface area contributed by atoms with E-state index in [1.54, 1.807) is 6.07 Å². The fraction of sp³-hybridized carbons (Fsp3) is 0.607. The number of halogens is 1. The van der Waals surface area contributed by atoms with E-state index in [1.165, 1.54) is 76.2 Å². The number of pyridine rings is 1. The zero-order chi connectivity index (χ0) is 21.2. The number of nitrogens with zero attached hydrogens (tertiary/aromatic N) is 1. The number of hydrogen-bond donors (Lipinski definition) is 0. The molecule has 164 valence electrons. The van der Waals surface area contributed by atoms with Gasteiger partial charge in [-0.15, -0.1) is 0 Å². The largest absolute Gasteiger partial charge is 0.256 e. The van der Waals surface area contributed by atoms with Gasteiger partial charge in [-0.3, -0.25) is 4.98 Å². The molecule has 1 heterocycles. The molecular formula is C28H40FN. The van der Waals surface area contributed by atoms with Gasteiger partial charge in [0.15, 0.2) is 0 Å². The van der Waals surface area contributed by atoms with Crippen molar-refractivity contribution in [3.05, 3.63) is 53.5 Å². The smallest absolute Gasteiger partial charge is 0.132 e. The molecule has 1 fully saturated rings. The molecule has 0 N–H and O–H groups in total. The molecule has 0 spiro atoms. The summed E-state index contributed by atoms with van der Waals surface area (Å²) in [5.74, 6) is 1.65. The SMILES string of the molecule is CCCCCc1ccc(-c2ccc(CC[C@H]3CC[C@H](CCCC)CC3)cc2F)nc1. The second-order valence-electron chi connectivity index (χ2n) is 9.39. The van der Waals surface area contributed by atoms with Crippen LogP contribution in [0, 0.1) is 17.7 Å². The Labute approximate surface area is 183 Å². The van der Waals surface area contributed by atoms with Crippen LogP contribution in [0.4, 0.5) is 4.39 Å². The van der Waals surface area contributed by atoms with Crippen LogP contribution in [0.1, 0.15) is 95.6 Å². The van der Waals surface area contributed by atoms with Crippen molar-refractivity contribution >= 4 is 0 Å². The molecule has 3 rings (SSSR count). The predicted molar refractivity (Wildman–Crippen MR) is 126 cm³/mol. The summed E-state index contributed by atoms with van der Waals surface area (Å²) in [7, 11) is 0. The van der Waals surface area contributed by atoms with Crippen molar-refractivity contribution in [1.29, 1.82) is 0 Å². The fourth-order valence-corrected chi connectivity index (χ4v) is 4.91. The van der Waals surface area contributed by atoms with Crippen molar-refractivity contribution in [3.8, 4) is 11.3 Å². The van der Waals surface area contributed by atoms with Crippen molar-refractivity contribution in [1.82, 2.24) is 4.98 Å². The van der Waals surface area contributed by atoms with E-state index in [2.05, 4.69) is 31.0 Å². The van der Waals surface area contributed by atoms with Gasteiger partial charge in [-0.2, -0.15) is 0 Å². The molecule has 0 radical (unpaired) electrons. The summed E-state index contributed by atoms with van der Waals surface area (Å²) in [6.07, 6.45) is 18.5. The average Bonchev–Trinajstić information content (AvgIpc) is 2.78. The van der Waals surface area contributed by atoms with Crippen LogP contribution in [-0.2, 0) is 12.8 Å².